The van der Waals surface area contributed by atoms with Crippen molar-refractivity contribution in [3.63, 3.8) is 0 Å². The van der Waals surface area contributed by atoms with Gasteiger partial charge in [-0.25, -0.2) is 8.42 Å². The third kappa shape index (κ3) is 2.45. The van der Waals surface area contributed by atoms with Gasteiger partial charge in [0.25, 0.3) is 0 Å². The summed E-state index contributed by atoms with van der Waals surface area (Å²) in [6.45, 7) is 3.28. The van der Waals surface area contributed by atoms with Gasteiger partial charge in [0.1, 0.15) is 0 Å². The van der Waals surface area contributed by atoms with E-state index in [1.54, 1.807) is 12.1 Å². The predicted octanol–water partition coefficient (Wildman–Crippen LogP) is 2.58. The minimum Gasteiger partial charge on any atom is -0.326 e. The second-order valence-electron chi connectivity index (χ2n) is 5.41. The molecule has 0 aromatic heterocycles. The van der Waals surface area contributed by atoms with Crippen LogP contribution in [0.25, 0.3) is 0 Å². The number of ketones is 1. The fraction of sp³-hybridized carbons (Fsp3) is 0.176. The SMILES string of the molecule is CCc1ccc2c(c1)C(=O)c1ccc(NC(C)=O)cc1S2(=O)=O. The minimum atomic E-state index is -3.79. The van der Waals surface area contributed by atoms with E-state index in [1.807, 2.05) is 6.92 Å². The standard InChI is InChI=1S/C17H15NO4S/c1-3-11-4-7-15-14(8-11)17(20)13-6-5-12(18-10(2)19)9-16(13)23(15,21)22/h4-9H,3H2,1-2H3,(H,18,19). The van der Waals surface area contributed by atoms with Crippen LogP contribution >= 0.6 is 0 Å². The maximum absolute atomic E-state index is 12.8. The molecule has 5 nitrogen and oxygen atoms in total. The van der Waals surface area contributed by atoms with Crippen LogP contribution in [-0.2, 0) is 21.1 Å². The van der Waals surface area contributed by atoms with Gasteiger partial charge in [0.05, 0.1) is 9.79 Å². The first-order valence-corrected chi connectivity index (χ1v) is 8.67. The van der Waals surface area contributed by atoms with E-state index in [2.05, 4.69) is 5.32 Å². The lowest BCUT2D eigenvalue weighted by Gasteiger charge is -2.20. The molecule has 1 amide bonds. The molecule has 0 fully saturated rings. The first kappa shape index (κ1) is 15.4. The van der Waals surface area contributed by atoms with Gasteiger partial charge in [-0.2, -0.15) is 0 Å². The molecule has 0 aliphatic carbocycles. The van der Waals surface area contributed by atoms with Crippen molar-refractivity contribution in [2.45, 2.75) is 30.1 Å². The number of aryl methyl sites for hydroxylation is 1. The number of amides is 1. The summed E-state index contributed by atoms with van der Waals surface area (Å²) in [5.74, 6) is -0.619. The van der Waals surface area contributed by atoms with Crippen molar-refractivity contribution in [1.29, 1.82) is 0 Å². The van der Waals surface area contributed by atoms with Gasteiger partial charge in [-0.1, -0.05) is 13.0 Å². The van der Waals surface area contributed by atoms with E-state index in [0.717, 1.165) is 12.0 Å². The van der Waals surface area contributed by atoms with E-state index in [4.69, 9.17) is 0 Å². The quantitative estimate of drug-likeness (QED) is 0.783. The van der Waals surface area contributed by atoms with E-state index in [0.29, 0.717) is 5.69 Å². The van der Waals surface area contributed by atoms with Crippen LogP contribution in [0, 0.1) is 0 Å². The molecule has 0 radical (unpaired) electrons. The highest BCUT2D eigenvalue weighted by Crippen LogP contribution is 2.36. The summed E-state index contributed by atoms with van der Waals surface area (Å²) in [4.78, 5) is 23.8. The first-order chi connectivity index (χ1) is 10.8. The van der Waals surface area contributed by atoms with Gasteiger partial charge >= 0.3 is 0 Å². The van der Waals surface area contributed by atoms with Crippen LogP contribution in [0.1, 0.15) is 35.3 Å². The Hall–Kier alpha value is -2.47. The number of sulfone groups is 1. The van der Waals surface area contributed by atoms with Crippen LogP contribution in [0.3, 0.4) is 0 Å². The molecule has 0 saturated heterocycles. The Labute approximate surface area is 134 Å². The van der Waals surface area contributed by atoms with Crippen LogP contribution < -0.4 is 5.32 Å². The Morgan fingerprint density at radius 3 is 2.43 bits per heavy atom. The van der Waals surface area contributed by atoms with E-state index >= 15 is 0 Å². The predicted molar refractivity (Wildman–Crippen MR) is 85.5 cm³/mol. The molecule has 0 spiro atoms. The number of hydrogen-bond donors (Lipinski definition) is 1. The van der Waals surface area contributed by atoms with E-state index in [9.17, 15) is 18.0 Å². The zero-order valence-corrected chi connectivity index (χ0v) is 13.5. The van der Waals surface area contributed by atoms with Gasteiger partial charge in [-0.3, -0.25) is 9.59 Å². The summed E-state index contributed by atoms with van der Waals surface area (Å²) in [5, 5.41) is 2.54. The average Bonchev–Trinajstić information content (AvgIpc) is 2.52. The second kappa shape index (κ2) is 5.31. The van der Waals surface area contributed by atoms with Gasteiger partial charge in [-0.05, 0) is 42.3 Å². The van der Waals surface area contributed by atoms with Crippen LogP contribution in [0.15, 0.2) is 46.2 Å². The lowest BCUT2D eigenvalue weighted by atomic mass is 9.99. The van der Waals surface area contributed by atoms with Crippen molar-refractivity contribution in [2.24, 2.45) is 0 Å². The molecule has 1 aliphatic rings. The number of carbonyl (C=O) groups excluding carboxylic acids is 2. The Morgan fingerprint density at radius 2 is 1.78 bits per heavy atom. The summed E-state index contributed by atoms with van der Waals surface area (Å²) in [5.41, 5.74) is 1.61. The Kier molecular flexibility index (Phi) is 3.56. The average molecular weight is 329 g/mol. The smallest absolute Gasteiger partial charge is 0.221 e. The number of hydrogen-bond acceptors (Lipinski definition) is 4. The third-order valence-corrected chi connectivity index (χ3v) is 5.67. The van der Waals surface area contributed by atoms with Crippen LogP contribution in [0.2, 0.25) is 0 Å². The van der Waals surface area contributed by atoms with Crippen LogP contribution in [0.5, 0.6) is 0 Å². The summed E-state index contributed by atoms with van der Waals surface area (Å²) >= 11 is 0. The van der Waals surface area contributed by atoms with E-state index in [-0.39, 0.29) is 32.6 Å². The van der Waals surface area contributed by atoms with Crippen LogP contribution in [0.4, 0.5) is 5.69 Å². The second-order valence-corrected chi connectivity index (χ2v) is 7.30. The number of benzene rings is 2. The molecule has 6 heteroatoms. The van der Waals surface area contributed by atoms with Crippen LogP contribution in [-0.4, -0.2) is 20.1 Å². The molecular formula is C17H15NO4S. The summed E-state index contributed by atoms with van der Waals surface area (Å²) < 4.78 is 25.6. The highest BCUT2D eigenvalue weighted by molar-refractivity contribution is 7.91. The van der Waals surface area contributed by atoms with Crippen molar-refractivity contribution >= 4 is 27.2 Å². The molecule has 1 heterocycles. The van der Waals surface area contributed by atoms with Gasteiger partial charge in [-0.15, -0.1) is 0 Å². The minimum absolute atomic E-state index is 0.0205. The highest BCUT2D eigenvalue weighted by Gasteiger charge is 2.35. The highest BCUT2D eigenvalue weighted by atomic mass is 32.2. The van der Waals surface area contributed by atoms with Gasteiger partial charge < -0.3 is 5.32 Å². The van der Waals surface area contributed by atoms with Gasteiger partial charge in [0, 0.05) is 23.7 Å². The molecule has 3 rings (SSSR count). The fourth-order valence-electron chi connectivity index (χ4n) is 2.69. The van der Waals surface area contributed by atoms with Crippen molar-refractivity contribution in [3.8, 4) is 0 Å². The molecule has 1 N–H and O–H groups in total. The van der Waals surface area contributed by atoms with Gasteiger partial charge in [0.2, 0.25) is 15.7 Å². The fourth-order valence-corrected chi connectivity index (χ4v) is 4.34. The van der Waals surface area contributed by atoms with Crippen molar-refractivity contribution in [2.75, 3.05) is 5.32 Å². The molecule has 2 aromatic carbocycles. The zero-order chi connectivity index (χ0) is 16.8. The third-order valence-electron chi connectivity index (χ3n) is 3.82. The maximum Gasteiger partial charge on any atom is 0.221 e. The van der Waals surface area contributed by atoms with E-state index < -0.39 is 9.84 Å². The molecule has 23 heavy (non-hydrogen) atoms. The summed E-state index contributed by atoms with van der Waals surface area (Å²) in [7, 11) is -3.79. The lowest BCUT2D eigenvalue weighted by Crippen LogP contribution is -2.21. The summed E-state index contributed by atoms with van der Waals surface area (Å²) in [6, 6.07) is 9.15. The number of nitrogens with one attached hydrogen (secondary N) is 1. The molecule has 0 atom stereocenters. The lowest BCUT2D eigenvalue weighted by molar-refractivity contribution is -0.114. The molecule has 0 bridgehead atoms. The van der Waals surface area contributed by atoms with Gasteiger partial charge in [0.15, 0.2) is 5.78 Å². The Balaban J connectivity index is 2.24. The molecule has 1 aliphatic heterocycles. The molecule has 0 saturated carbocycles. The first-order valence-electron chi connectivity index (χ1n) is 7.19. The normalized spacial score (nSPS) is 14.8. The summed E-state index contributed by atoms with van der Waals surface area (Å²) in [6.07, 6.45) is 0.717. The largest absolute Gasteiger partial charge is 0.326 e. The Bertz CT molecular complexity index is 945. The Morgan fingerprint density at radius 1 is 1.04 bits per heavy atom. The maximum atomic E-state index is 12.8. The monoisotopic (exact) mass is 329 g/mol. The number of carbonyl (C=O) groups is 2. The van der Waals surface area contributed by atoms with Crippen molar-refractivity contribution in [1.82, 2.24) is 0 Å². The number of fused-ring (bicyclic) bond motifs is 2. The zero-order valence-electron chi connectivity index (χ0n) is 12.7. The molecule has 118 valence electrons. The van der Waals surface area contributed by atoms with Crippen molar-refractivity contribution in [3.05, 3.63) is 53.1 Å². The van der Waals surface area contributed by atoms with E-state index in [1.165, 1.54) is 31.2 Å². The molecule has 2 aromatic rings. The molecule has 0 unspecified atom stereocenters. The van der Waals surface area contributed by atoms with Crippen molar-refractivity contribution < 1.29 is 18.0 Å². The number of anilines is 1. The topological polar surface area (TPSA) is 80.3 Å². The molecular weight excluding hydrogens is 314 g/mol. The number of rotatable bonds is 2.